The van der Waals surface area contributed by atoms with E-state index < -0.39 is 0 Å². The van der Waals surface area contributed by atoms with E-state index in [9.17, 15) is 4.79 Å². The number of carbonyl (C=O) groups excluding carboxylic acids is 1. The van der Waals surface area contributed by atoms with Crippen LogP contribution in [0.25, 0.3) is 0 Å². The Labute approximate surface area is 102 Å². The van der Waals surface area contributed by atoms with E-state index in [1.54, 1.807) is 24.1 Å². The summed E-state index contributed by atoms with van der Waals surface area (Å²) in [4.78, 5) is 11.5. The molecule has 0 bridgehead atoms. The fourth-order valence-corrected chi connectivity index (χ4v) is 1.21. The molecule has 0 atom stereocenters. The highest BCUT2D eigenvalue weighted by Crippen LogP contribution is 1.94. The van der Waals surface area contributed by atoms with Crippen molar-refractivity contribution in [1.82, 2.24) is 20.4 Å². The number of aromatic nitrogens is 2. The van der Waals surface area contributed by atoms with E-state index in [-0.39, 0.29) is 18.3 Å². The van der Waals surface area contributed by atoms with E-state index in [1.807, 2.05) is 0 Å². The largest absolute Gasteiger partial charge is 0.351 e. The van der Waals surface area contributed by atoms with Gasteiger partial charge in [0, 0.05) is 26.3 Å². The van der Waals surface area contributed by atoms with Gasteiger partial charge >= 0.3 is 0 Å². The summed E-state index contributed by atoms with van der Waals surface area (Å²) in [5.41, 5.74) is 0.605. The number of nitrogens with zero attached hydrogens (tertiary/aromatic N) is 2. The molecule has 0 aromatic carbocycles. The van der Waals surface area contributed by atoms with Crippen LogP contribution in [0.5, 0.6) is 0 Å². The van der Waals surface area contributed by atoms with Crippen LogP contribution in [0.3, 0.4) is 0 Å². The maximum Gasteiger partial charge on any atom is 0.254 e. The van der Waals surface area contributed by atoms with Gasteiger partial charge in [-0.25, -0.2) is 0 Å². The Morgan fingerprint density at radius 2 is 2.19 bits per heavy atom. The first kappa shape index (κ1) is 14.9. The lowest BCUT2D eigenvalue weighted by Crippen LogP contribution is -2.31. The molecule has 0 aliphatic heterocycles. The molecule has 0 spiro atoms. The third-order valence-corrected chi connectivity index (χ3v) is 1.98. The Morgan fingerprint density at radius 1 is 1.44 bits per heavy atom. The van der Waals surface area contributed by atoms with Crippen LogP contribution in [0.15, 0.2) is 12.4 Å². The van der Waals surface area contributed by atoms with Gasteiger partial charge < -0.3 is 10.6 Å². The summed E-state index contributed by atoms with van der Waals surface area (Å²) >= 11 is 0. The molecule has 0 unspecified atom stereocenters. The Bertz CT molecular complexity index is 314. The first-order valence-electron chi connectivity index (χ1n) is 5.21. The fraction of sp³-hybridized carbons (Fsp3) is 0.600. The number of hydrogen-bond acceptors (Lipinski definition) is 3. The van der Waals surface area contributed by atoms with Crippen LogP contribution in [0.2, 0.25) is 0 Å². The molecule has 16 heavy (non-hydrogen) atoms. The van der Waals surface area contributed by atoms with E-state index in [1.165, 1.54) is 0 Å². The second-order valence-corrected chi connectivity index (χ2v) is 3.41. The molecule has 0 aliphatic carbocycles. The minimum atomic E-state index is -0.0681. The molecule has 2 N–H and O–H groups in total. The summed E-state index contributed by atoms with van der Waals surface area (Å²) in [6, 6.07) is 0. The maximum absolute atomic E-state index is 11.5. The summed E-state index contributed by atoms with van der Waals surface area (Å²) in [7, 11) is 1.79. The molecule has 0 radical (unpaired) electrons. The van der Waals surface area contributed by atoms with Gasteiger partial charge in [0.1, 0.15) is 0 Å². The average Bonchev–Trinajstić information content (AvgIpc) is 2.64. The Balaban J connectivity index is 0.00000225. The van der Waals surface area contributed by atoms with Crippen LogP contribution in [-0.4, -0.2) is 35.3 Å². The lowest BCUT2D eigenvalue weighted by atomic mass is 10.3. The van der Waals surface area contributed by atoms with Crippen LogP contribution in [0.4, 0.5) is 0 Å². The molecule has 0 saturated carbocycles. The van der Waals surface area contributed by atoms with Gasteiger partial charge in [0.05, 0.1) is 11.8 Å². The van der Waals surface area contributed by atoms with Crippen molar-refractivity contribution >= 4 is 18.3 Å². The first-order valence-corrected chi connectivity index (χ1v) is 5.21. The second-order valence-electron chi connectivity index (χ2n) is 3.41. The minimum Gasteiger partial charge on any atom is -0.351 e. The van der Waals surface area contributed by atoms with Crippen molar-refractivity contribution in [2.75, 3.05) is 19.6 Å². The fourth-order valence-electron chi connectivity index (χ4n) is 1.21. The van der Waals surface area contributed by atoms with Crippen molar-refractivity contribution in [2.45, 2.75) is 13.3 Å². The summed E-state index contributed by atoms with van der Waals surface area (Å²) in [6.45, 7) is 4.55. The number of carbonyl (C=O) groups is 1. The van der Waals surface area contributed by atoms with Gasteiger partial charge in [-0.05, 0) is 13.0 Å². The van der Waals surface area contributed by atoms with Crippen LogP contribution in [0.1, 0.15) is 23.7 Å². The Morgan fingerprint density at radius 3 is 2.75 bits per heavy atom. The van der Waals surface area contributed by atoms with Gasteiger partial charge in [-0.15, -0.1) is 12.4 Å². The third kappa shape index (κ3) is 5.14. The monoisotopic (exact) mass is 246 g/mol. The molecule has 6 heteroatoms. The van der Waals surface area contributed by atoms with Crippen LogP contribution in [0, 0.1) is 0 Å². The molecule has 1 aromatic heterocycles. The smallest absolute Gasteiger partial charge is 0.254 e. The predicted molar refractivity (Wildman–Crippen MR) is 65.9 cm³/mol. The van der Waals surface area contributed by atoms with E-state index in [0.29, 0.717) is 12.1 Å². The maximum atomic E-state index is 11.5. The zero-order valence-corrected chi connectivity index (χ0v) is 10.5. The summed E-state index contributed by atoms with van der Waals surface area (Å²) in [6.07, 6.45) is 4.38. The zero-order chi connectivity index (χ0) is 11.1. The molecule has 0 aliphatic rings. The lowest BCUT2D eigenvalue weighted by Gasteiger charge is -2.04. The molecule has 5 nitrogen and oxygen atoms in total. The molecule has 1 heterocycles. The molecule has 1 aromatic rings. The van der Waals surface area contributed by atoms with Crippen molar-refractivity contribution < 1.29 is 4.79 Å². The predicted octanol–water partition coefficient (Wildman–Crippen LogP) is 0.571. The Kier molecular flexibility index (Phi) is 7.58. The highest BCUT2D eigenvalue weighted by Gasteiger charge is 2.05. The highest BCUT2D eigenvalue weighted by atomic mass is 35.5. The zero-order valence-electron chi connectivity index (χ0n) is 9.69. The number of nitrogens with one attached hydrogen (secondary N) is 2. The minimum absolute atomic E-state index is 0. The number of aryl methyl sites for hydroxylation is 1. The molecule has 1 rings (SSSR count). The standard InChI is InChI=1S/C10H18N4O.ClH/c1-3-4-11-5-6-12-10(15)9-7-13-14(2)8-9;/h7-8,11H,3-6H2,1-2H3,(H,12,15);1H. The number of halogens is 1. The van der Waals surface area contributed by atoms with Crippen LogP contribution >= 0.6 is 12.4 Å². The van der Waals surface area contributed by atoms with Crippen molar-refractivity contribution in [3.05, 3.63) is 18.0 Å². The average molecular weight is 247 g/mol. The van der Waals surface area contributed by atoms with Gasteiger partial charge in [0.15, 0.2) is 0 Å². The summed E-state index contributed by atoms with van der Waals surface area (Å²) < 4.78 is 1.62. The van der Waals surface area contributed by atoms with Crippen LogP contribution < -0.4 is 10.6 Å². The molecule has 0 fully saturated rings. The summed E-state index contributed by atoms with van der Waals surface area (Å²) in [5.74, 6) is -0.0681. The van der Waals surface area contributed by atoms with Crippen molar-refractivity contribution in [1.29, 1.82) is 0 Å². The molecular weight excluding hydrogens is 228 g/mol. The molecule has 0 saturated heterocycles. The van der Waals surface area contributed by atoms with E-state index in [2.05, 4.69) is 22.7 Å². The van der Waals surface area contributed by atoms with Crippen LogP contribution in [-0.2, 0) is 7.05 Å². The van der Waals surface area contributed by atoms with E-state index in [4.69, 9.17) is 0 Å². The number of amides is 1. The van der Waals surface area contributed by atoms with Gasteiger partial charge in [0.2, 0.25) is 0 Å². The molecular formula is C10H19ClN4O. The third-order valence-electron chi connectivity index (χ3n) is 1.98. The van der Waals surface area contributed by atoms with Gasteiger partial charge in [-0.2, -0.15) is 5.10 Å². The quantitative estimate of drug-likeness (QED) is 0.722. The lowest BCUT2D eigenvalue weighted by molar-refractivity contribution is 0.0954. The molecule has 92 valence electrons. The van der Waals surface area contributed by atoms with Gasteiger partial charge in [0.25, 0.3) is 5.91 Å². The molecule has 1 amide bonds. The second kappa shape index (κ2) is 8.13. The van der Waals surface area contributed by atoms with E-state index in [0.717, 1.165) is 19.5 Å². The van der Waals surface area contributed by atoms with Gasteiger partial charge in [-0.3, -0.25) is 9.48 Å². The number of rotatable bonds is 6. The van der Waals surface area contributed by atoms with Gasteiger partial charge in [-0.1, -0.05) is 6.92 Å². The van der Waals surface area contributed by atoms with Crippen molar-refractivity contribution in [3.63, 3.8) is 0 Å². The van der Waals surface area contributed by atoms with Crippen molar-refractivity contribution in [3.8, 4) is 0 Å². The number of hydrogen-bond donors (Lipinski definition) is 2. The topological polar surface area (TPSA) is 58.9 Å². The first-order chi connectivity index (χ1) is 7.24. The summed E-state index contributed by atoms with van der Waals surface area (Å²) in [5, 5.41) is 9.96. The highest BCUT2D eigenvalue weighted by molar-refractivity contribution is 5.93. The van der Waals surface area contributed by atoms with Crippen molar-refractivity contribution in [2.24, 2.45) is 7.05 Å². The van der Waals surface area contributed by atoms with E-state index >= 15 is 0 Å². The Hall–Kier alpha value is -1.07. The SMILES string of the molecule is CCCNCCNC(=O)c1cnn(C)c1.Cl. The normalized spacial score (nSPS) is 9.62.